The lowest BCUT2D eigenvalue weighted by atomic mass is 10.0. The van der Waals surface area contributed by atoms with Gasteiger partial charge in [0.05, 0.1) is 6.61 Å². The zero-order valence-corrected chi connectivity index (χ0v) is 8.29. The highest BCUT2D eigenvalue weighted by Crippen LogP contribution is 2.11. The highest BCUT2D eigenvalue weighted by molar-refractivity contribution is 5.66. The summed E-state index contributed by atoms with van der Waals surface area (Å²) < 4.78 is 0. The summed E-state index contributed by atoms with van der Waals surface area (Å²) in [5, 5.41) is 17.2. The molecule has 0 radical (unpaired) electrons. The zero-order chi connectivity index (χ0) is 10.3. The summed E-state index contributed by atoms with van der Waals surface area (Å²) in [6.07, 6.45) is 3.90. The minimum atomic E-state index is -0.740. The number of rotatable bonds is 6. The van der Waals surface area contributed by atoms with Crippen LogP contribution in [0.1, 0.15) is 33.1 Å². The second-order valence-electron chi connectivity index (χ2n) is 3.49. The van der Waals surface area contributed by atoms with Crippen LogP contribution in [0.5, 0.6) is 0 Å². The molecule has 76 valence electrons. The second-order valence-corrected chi connectivity index (χ2v) is 3.49. The molecule has 0 spiro atoms. The van der Waals surface area contributed by atoms with Gasteiger partial charge in [0.25, 0.3) is 0 Å². The lowest BCUT2D eigenvalue weighted by Crippen LogP contribution is -2.03. The Morgan fingerprint density at radius 1 is 1.54 bits per heavy atom. The summed E-state index contributed by atoms with van der Waals surface area (Å²) in [5.74, 6) is -0.532. The molecule has 1 atom stereocenters. The third-order valence-electron chi connectivity index (χ3n) is 1.92. The maximum Gasteiger partial charge on any atom is 0.303 e. The maximum atomic E-state index is 10.3. The number of carboxylic acid groups (broad SMARTS) is 1. The van der Waals surface area contributed by atoms with Gasteiger partial charge in [-0.15, -0.1) is 0 Å². The summed E-state index contributed by atoms with van der Waals surface area (Å²) in [7, 11) is 0. The molecule has 0 aromatic rings. The van der Waals surface area contributed by atoms with Gasteiger partial charge in [0.15, 0.2) is 0 Å². The number of allylic oxidation sites excluding steroid dienone is 1. The maximum absolute atomic E-state index is 10.3. The van der Waals surface area contributed by atoms with E-state index in [0.29, 0.717) is 0 Å². The monoisotopic (exact) mass is 186 g/mol. The lowest BCUT2D eigenvalue weighted by Gasteiger charge is -2.05. The Morgan fingerprint density at radius 2 is 2.15 bits per heavy atom. The van der Waals surface area contributed by atoms with Crippen LogP contribution in [-0.2, 0) is 4.79 Å². The highest BCUT2D eigenvalue weighted by Gasteiger charge is 2.05. The van der Waals surface area contributed by atoms with Gasteiger partial charge in [0.2, 0.25) is 0 Å². The minimum absolute atomic E-state index is 0.0906. The van der Waals surface area contributed by atoms with Crippen molar-refractivity contribution < 1.29 is 15.0 Å². The molecule has 0 amide bonds. The molecule has 0 aliphatic carbocycles. The molecule has 0 fully saturated rings. The van der Waals surface area contributed by atoms with Gasteiger partial charge in [-0.05, 0) is 25.7 Å². The molecule has 0 aliphatic heterocycles. The Hall–Kier alpha value is -0.830. The van der Waals surface area contributed by atoms with E-state index in [0.717, 1.165) is 18.4 Å². The highest BCUT2D eigenvalue weighted by atomic mass is 16.4. The molecule has 3 nitrogen and oxygen atoms in total. The predicted molar refractivity (Wildman–Crippen MR) is 51.5 cm³/mol. The van der Waals surface area contributed by atoms with Gasteiger partial charge in [-0.25, -0.2) is 0 Å². The van der Waals surface area contributed by atoms with E-state index in [4.69, 9.17) is 10.2 Å². The van der Waals surface area contributed by atoms with E-state index in [1.165, 1.54) is 0 Å². The molecule has 3 heteroatoms. The minimum Gasteiger partial charge on any atom is -0.481 e. The Labute approximate surface area is 79.1 Å². The molecular formula is C10H18O3. The van der Waals surface area contributed by atoms with Crippen LogP contribution in [0.3, 0.4) is 0 Å². The number of carbonyl (C=O) groups is 1. The normalized spacial score (nSPS) is 14.2. The van der Waals surface area contributed by atoms with Crippen molar-refractivity contribution in [3.05, 3.63) is 11.6 Å². The molecule has 1 unspecified atom stereocenters. The standard InChI is InChI=1S/C10H18O3/c1-8(6-10(12)13)4-3-5-9(2)7-11/h5,8,11H,3-4,6-7H2,1-2H3,(H,12,13). The van der Waals surface area contributed by atoms with Crippen molar-refractivity contribution in [2.75, 3.05) is 6.61 Å². The van der Waals surface area contributed by atoms with Crippen molar-refractivity contribution in [3.8, 4) is 0 Å². The Bertz CT molecular complexity index is 185. The van der Waals surface area contributed by atoms with Crippen molar-refractivity contribution in [1.29, 1.82) is 0 Å². The molecule has 2 N–H and O–H groups in total. The Kier molecular flexibility index (Phi) is 6.24. The van der Waals surface area contributed by atoms with Gasteiger partial charge in [0, 0.05) is 6.42 Å². The molecule has 13 heavy (non-hydrogen) atoms. The molecule has 0 aliphatic rings. The van der Waals surface area contributed by atoms with Crippen molar-refractivity contribution in [2.45, 2.75) is 33.1 Å². The predicted octanol–water partition coefficient (Wildman–Crippen LogP) is 1.82. The number of hydrogen-bond donors (Lipinski definition) is 2. The van der Waals surface area contributed by atoms with Crippen LogP contribution in [0, 0.1) is 5.92 Å². The first-order chi connectivity index (χ1) is 6.06. The molecular weight excluding hydrogens is 168 g/mol. The van der Waals surface area contributed by atoms with Crippen molar-refractivity contribution in [2.24, 2.45) is 5.92 Å². The number of aliphatic carboxylic acids is 1. The van der Waals surface area contributed by atoms with E-state index in [2.05, 4.69) is 0 Å². The van der Waals surface area contributed by atoms with Gasteiger partial charge >= 0.3 is 5.97 Å². The van der Waals surface area contributed by atoms with Crippen LogP contribution in [0.4, 0.5) is 0 Å². The van der Waals surface area contributed by atoms with Crippen LogP contribution in [0.25, 0.3) is 0 Å². The number of aliphatic hydroxyl groups excluding tert-OH is 1. The number of aliphatic hydroxyl groups is 1. The molecule has 0 aromatic heterocycles. The molecule has 0 heterocycles. The van der Waals surface area contributed by atoms with Gasteiger partial charge in [-0.3, -0.25) is 4.79 Å². The fourth-order valence-corrected chi connectivity index (χ4v) is 1.08. The van der Waals surface area contributed by atoms with Gasteiger partial charge in [-0.2, -0.15) is 0 Å². The molecule has 0 bridgehead atoms. The number of carboxylic acids is 1. The molecule has 0 saturated carbocycles. The average Bonchev–Trinajstić information content (AvgIpc) is 2.02. The topological polar surface area (TPSA) is 57.5 Å². The summed E-state index contributed by atoms with van der Waals surface area (Å²) in [5.41, 5.74) is 0.947. The first kappa shape index (κ1) is 12.2. The van der Waals surface area contributed by atoms with Gasteiger partial charge in [-0.1, -0.05) is 18.6 Å². The summed E-state index contributed by atoms with van der Waals surface area (Å²) >= 11 is 0. The Morgan fingerprint density at radius 3 is 2.62 bits per heavy atom. The molecule has 0 aromatic carbocycles. The number of hydrogen-bond acceptors (Lipinski definition) is 2. The summed E-state index contributed by atoms with van der Waals surface area (Å²) in [4.78, 5) is 10.3. The Balaban J connectivity index is 3.58. The largest absolute Gasteiger partial charge is 0.481 e. The zero-order valence-electron chi connectivity index (χ0n) is 8.29. The first-order valence-corrected chi connectivity index (χ1v) is 4.54. The van der Waals surface area contributed by atoms with Crippen LogP contribution in [0.15, 0.2) is 11.6 Å². The van der Waals surface area contributed by atoms with Crippen LogP contribution in [-0.4, -0.2) is 22.8 Å². The van der Waals surface area contributed by atoms with E-state index >= 15 is 0 Å². The quantitative estimate of drug-likeness (QED) is 0.622. The SMILES string of the molecule is CC(=CCCC(C)CC(=O)O)CO. The van der Waals surface area contributed by atoms with Gasteiger partial charge in [0.1, 0.15) is 0 Å². The van der Waals surface area contributed by atoms with E-state index < -0.39 is 5.97 Å². The van der Waals surface area contributed by atoms with E-state index in [1.807, 2.05) is 19.9 Å². The smallest absolute Gasteiger partial charge is 0.303 e. The fraction of sp³-hybridized carbons (Fsp3) is 0.700. The average molecular weight is 186 g/mol. The van der Waals surface area contributed by atoms with Gasteiger partial charge < -0.3 is 10.2 Å². The van der Waals surface area contributed by atoms with E-state index in [9.17, 15) is 4.79 Å². The van der Waals surface area contributed by atoms with Crippen molar-refractivity contribution in [3.63, 3.8) is 0 Å². The third-order valence-corrected chi connectivity index (χ3v) is 1.92. The van der Waals surface area contributed by atoms with Crippen LogP contribution in [0.2, 0.25) is 0 Å². The van der Waals surface area contributed by atoms with Crippen LogP contribution < -0.4 is 0 Å². The van der Waals surface area contributed by atoms with Crippen molar-refractivity contribution in [1.82, 2.24) is 0 Å². The van der Waals surface area contributed by atoms with Crippen LogP contribution >= 0.6 is 0 Å². The molecule has 0 rings (SSSR count). The molecule has 0 saturated heterocycles. The fourth-order valence-electron chi connectivity index (χ4n) is 1.08. The van der Waals surface area contributed by atoms with Crippen molar-refractivity contribution >= 4 is 5.97 Å². The van der Waals surface area contributed by atoms with E-state index in [1.54, 1.807) is 0 Å². The lowest BCUT2D eigenvalue weighted by molar-refractivity contribution is -0.138. The second kappa shape index (κ2) is 6.66. The summed E-state index contributed by atoms with van der Waals surface area (Å²) in [6.45, 7) is 3.88. The first-order valence-electron chi connectivity index (χ1n) is 4.54. The summed E-state index contributed by atoms with van der Waals surface area (Å²) in [6, 6.07) is 0. The third kappa shape index (κ3) is 7.53. The van der Waals surface area contributed by atoms with E-state index in [-0.39, 0.29) is 18.9 Å².